The van der Waals surface area contributed by atoms with Gasteiger partial charge in [-0.25, -0.2) is 14.4 Å². The number of nitrogens with zero attached hydrogens (tertiary/aromatic N) is 3. The van der Waals surface area contributed by atoms with E-state index in [0.29, 0.717) is 17.3 Å². The van der Waals surface area contributed by atoms with E-state index in [1.54, 1.807) is 25.6 Å². The molecular weight excluding hydrogens is 451 g/mol. The molecular formula is C27H20ClFN4O. The lowest BCUT2D eigenvalue weighted by atomic mass is 10.0. The molecule has 0 unspecified atom stereocenters. The number of halogens is 2. The molecule has 0 bridgehead atoms. The molecule has 168 valence electrons. The van der Waals surface area contributed by atoms with Crippen LogP contribution in [0.25, 0.3) is 33.4 Å². The zero-order valence-corrected chi connectivity index (χ0v) is 19.3. The third-order valence-corrected chi connectivity index (χ3v) is 5.83. The van der Waals surface area contributed by atoms with Gasteiger partial charge in [0.2, 0.25) is 0 Å². The fourth-order valence-electron chi connectivity index (χ4n) is 3.74. The fourth-order valence-corrected chi connectivity index (χ4v) is 3.92. The van der Waals surface area contributed by atoms with E-state index >= 15 is 0 Å². The summed E-state index contributed by atoms with van der Waals surface area (Å²) in [5.41, 5.74) is 5.22. The van der Waals surface area contributed by atoms with Gasteiger partial charge in [-0.3, -0.25) is 4.98 Å². The maximum atomic E-state index is 13.7. The topological polar surface area (TPSA) is 59.9 Å². The highest BCUT2D eigenvalue weighted by atomic mass is 35.5. The number of hydrogen-bond acceptors (Lipinski definition) is 5. The molecule has 7 heteroatoms. The van der Waals surface area contributed by atoms with E-state index in [9.17, 15) is 4.39 Å². The van der Waals surface area contributed by atoms with Crippen molar-refractivity contribution in [3.8, 4) is 28.3 Å². The van der Waals surface area contributed by atoms with Crippen LogP contribution in [-0.2, 0) is 0 Å². The van der Waals surface area contributed by atoms with Gasteiger partial charge in [0.25, 0.3) is 0 Å². The predicted octanol–water partition coefficient (Wildman–Crippen LogP) is 7.21. The first-order valence-corrected chi connectivity index (χ1v) is 11.0. The van der Waals surface area contributed by atoms with E-state index in [4.69, 9.17) is 26.3 Å². The minimum absolute atomic E-state index is 0.0308. The first-order valence-electron chi connectivity index (χ1n) is 10.6. The van der Waals surface area contributed by atoms with Crippen LogP contribution in [0.3, 0.4) is 0 Å². The Balaban J connectivity index is 1.67. The lowest BCUT2D eigenvalue weighted by molar-refractivity contribution is 0.412. The number of aryl methyl sites for hydroxylation is 1. The maximum Gasteiger partial charge on any atom is 0.163 e. The molecule has 3 aromatic carbocycles. The number of rotatable bonds is 5. The van der Waals surface area contributed by atoms with Crippen LogP contribution >= 0.6 is 11.6 Å². The van der Waals surface area contributed by atoms with Gasteiger partial charge in [0.1, 0.15) is 17.4 Å². The van der Waals surface area contributed by atoms with Crippen LogP contribution in [0, 0.1) is 12.7 Å². The highest BCUT2D eigenvalue weighted by Crippen LogP contribution is 2.33. The summed E-state index contributed by atoms with van der Waals surface area (Å²) in [5, 5.41) is 4.13. The number of hydrogen-bond donors (Lipinski definition) is 1. The standard InChI is InChI=1S/C27H20ClFN4O/c1-16-5-6-18(13-25(16)34-2)17-7-10-24-21(12-17)27(31-20-8-9-23(29)22(28)14-20)33-26(32-24)19-4-3-11-30-15-19/h3-15H,1-2H3,(H,31,32,33). The number of nitrogens with one attached hydrogen (secondary N) is 1. The van der Waals surface area contributed by atoms with E-state index < -0.39 is 5.82 Å². The van der Waals surface area contributed by atoms with Crippen LogP contribution in [0.2, 0.25) is 5.02 Å². The summed E-state index contributed by atoms with van der Waals surface area (Å²) in [5.74, 6) is 1.44. The Hall–Kier alpha value is -4.03. The predicted molar refractivity (Wildman–Crippen MR) is 134 cm³/mol. The van der Waals surface area contributed by atoms with Crippen LogP contribution in [0.15, 0.2) is 79.1 Å². The Morgan fingerprint density at radius 2 is 1.74 bits per heavy atom. The van der Waals surface area contributed by atoms with Gasteiger partial charge in [0.15, 0.2) is 5.82 Å². The Morgan fingerprint density at radius 3 is 2.50 bits per heavy atom. The van der Waals surface area contributed by atoms with Gasteiger partial charge < -0.3 is 10.1 Å². The highest BCUT2D eigenvalue weighted by molar-refractivity contribution is 6.31. The van der Waals surface area contributed by atoms with Crippen molar-refractivity contribution >= 4 is 34.0 Å². The third kappa shape index (κ3) is 4.28. The van der Waals surface area contributed by atoms with Crippen LogP contribution in [0.1, 0.15) is 5.56 Å². The van der Waals surface area contributed by atoms with Crippen LogP contribution in [0.4, 0.5) is 15.9 Å². The summed E-state index contributed by atoms with van der Waals surface area (Å²) in [7, 11) is 1.66. The SMILES string of the molecule is COc1cc(-c2ccc3nc(-c4cccnc4)nc(Nc4ccc(F)c(Cl)c4)c3c2)ccc1C. The Labute approximate surface area is 201 Å². The summed E-state index contributed by atoms with van der Waals surface area (Å²) in [4.78, 5) is 13.7. The van der Waals surface area contributed by atoms with E-state index in [0.717, 1.165) is 38.9 Å². The molecule has 5 rings (SSSR count). The number of benzene rings is 3. The monoisotopic (exact) mass is 470 g/mol. The zero-order chi connectivity index (χ0) is 23.7. The zero-order valence-electron chi connectivity index (χ0n) is 18.5. The molecule has 0 amide bonds. The van der Waals surface area contributed by atoms with Crippen molar-refractivity contribution in [3.63, 3.8) is 0 Å². The molecule has 2 heterocycles. The van der Waals surface area contributed by atoms with Gasteiger partial charge in [0.05, 0.1) is 17.6 Å². The van der Waals surface area contributed by atoms with Gasteiger partial charge in [-0.1, -0.05) is 29.8 Å². The largest absolute Gasteiger partial charge is 0.496 e. The van der Waals surface area contributed by atoms with Gasteiger partial charge in [-0.15, -0.1) is 0 Å². The first kappa shape index (κ1) is 21.8. The molecule has 1 N–H and O–H groups in total. The van der Waals surface area contributed by atoms with Crippen LogP contribution in [-0.4, -0.2) is 22.1 Å². The van der Waals surface area contributed by atoms with Crippen molar-refractivity contribution in [2.24, 2.45) is 0 Å². The number of anilines is 2. The van der Waals surface area contributed by atoms with Crippen molar-refractivity contribution in [1.82, 2.24) is 15.0 Å². The van der Waals surface area contributed by atoms with E-state index in [-0.39, 0.29) is 5.02 Å². The minimum atomic E-state index is -0.480. The smallest absolute Gasteiger partial charge is 0.163 e. The number of pyridine rings is 1. The summed E-state index contributed by atoms with van der Waals surface area (Å²) in [6.45, 7) is 2.01. The second kappa shape index (κ2) is 9.08. The first-order chi connectivity index (χ1) is 16.5. The van der Waals surface area contributed by atoms with E-state index in [1.807, 2.05) is 49.4 Å². The minimum Gasteiger partial charge on any atom is -0.496 e. The summed E-state index contributed by atoms with van der Waals surface area (Å²) in [6, 6.07) is 20.3. The van der Waals surface area contributed by atoms with Gasteiger partial charge >= 0.3 is 0 Å². The number of fused-ring (bicyclic) bond motifs is 1. The molecule has 2 aromatic heterocycles. The molecule has 0 radical (unpaired) electrons. The average molecular weight is 471 g/mol. The molecule has 0 fully saturated rings. The molecule has 5 aromatic rings. The molecule has 34 heavy (non-hydrogen) atoms. The Bertz CT molecular complexity index is 1510. The fraction of sp³-hybridized carbons (Fsp3) is 0.0741. The van der Waals surface area contributed by atoms with Crippen molar-refractivity contribution in [3.05, 3.63) is 95.5 Å². The van der Waals surface area contributed by atoms with Crippen LogP contribution < -0.4 is 10.1 Å². The van der Waals surface area contributed by atoms with Crippen LogP contribution in [0.5, 0.6) is 5.75 Å². The van der Waals surface area contributed by atoms with Crippen molar-refractivity contribution in [1.29, 1.82) is 0 Å². The van der Waals surface area contributed by atoms with Gasteiger partial charge in [-0.2, -0.15) is 0 Å². The number of ether oxygens (including phenoxy) is 1. The second-order valence-electron chi connectivity index (χ2n) is 7.81. The third-order valence-electron chi connectivity index (χ3n) is 5.54. The van der Waals surface area contributed by atoms with Crippen molar-refractivity contribution < 1.29 is 9.13 Å². The number of aromatic nitrogens is 3. The molecule has 0 atom stereocenters. The lowest BCUT2D eigenvalue weighted by Gasteiger charge is -2.13. The highest BCUT2D eigenvalue weighted by Gasteiger charge is 2.13. The lowest BCUT2D eigenvalue weighted by Crippen LogP contribution is -2.00. The Kier molecular flexibility index (Phi) is 5.82. The molecule has 0 aliphatic rings. The Morgan fingerprint density at radius 1 is 0.912 bits per heavy atom. The van der Waals surface area contributed by atoms with E-state index in [1.165, 1.54) is 12.1 Å². The summed E-state index contributed by atoms with van der Waals surface area (Å²) in [6.07, 6.45) is 3.42. The average Bonchev–Trinajstić information content (AvgIpc) is 2.87. The molecule has 0 spiro atoms. The second-order valence-corrected chi connectivity index (χ2v) is 8.21. The van der Waals surface area contributed by atoms with Gasteiger partial charge in [0, 0.05) is 29.0 Å². The van der Waals surface area contributed by atoms with E-state index in [2.05, 4.69) is 16.4 Å². The summed E-state index contributed by atoms with van der Waals surface area (Å²) >= 11 is 6.00. The van der Waals surface area contributed by atoms with Crippen molar-refractivity contribution in [2.45, 2.75) is 6.92 Å². The van der Waals surface area contributed by atoms with Gasteiger partial charge in [-0.05, 0) is 72.1 Å². The molecule has 0 saturated heterocycles. The molecule has 5 nitrogen and oxygen atoms in total. The maximum absolute atomic E-state index is 13.7. The quantitative estimate of drug-likeness (QED) is 0.294. The number of methoxy groups -OCH3 is 1. The van der Waals surface area contributed by atoms with Crippen molar-refractivity contribution in [2.75, 3.05) is 12.4 Å². The normalized spacial score (nSPS) is 10.9. The molecule has 0 aliphatic carbocycles. The molecule has 0 aliphatic heterocycles. The summed E-state index contributed by atoms with van der Waals surface area (Å²) < 4.78 is 19.2. The molecule has 0 saturated carbocycles.